The standard InChI is InChI=1S/C23H30N2O5S/c1-15(2)17-6-8-18(9-7-17)24-23(26)22(16(3)4)25-31(27,28)19-10-11-20-21(14-19)30-13-5-12-29-20/h6-11,14-16,22,25H,5,12-13H2,1-4H3,(H,24,26). The van der Waals surface area contributed by atoms with Crippen LogP contribution >= 0.6 is 0 Å². The van der Waals surface area contributed by atoms with E-state index >= 15 is 0 Å². The van der Waals surface area contributed by atoms with E-state index < -0.39 is 22.0 Å². The Morgan fingerprint density at radius 1 is 0.935 bits per heavy atom. The SMILES string of the molecule is CC(C)c1ccc(NC(=O)C(NS(=O)(=O)c2ccc3c(c2)OCCCO3)C(C)C)cc1. The summed E-state index contributed by atoms with van der Waals surface area (Å²) in [6, 6.07) is 11.1. The summed E-state index contributed by atoms with van der Waals surface area (Å²) < 4.78 is 39.7. The van der Waals surface area contributed by atoms with Crippen LogP contribution in [0, 0.1) is 5.92 Å². The first-order valence-electron chi connectivity index (χ1n) is 10.5. The number of sulfonamides is 1. The first kappa shape index (κ1) is 23.1. The third-order valence-corrected chi connectivity index (χ3v) is 6.54. The van der Waals surface area contributed by atoms with Crippen molar-refractivity contribution in [1.29, 1.82) is 0 Å². The van der Waals surface area contributed by atoms with Gasteiger partial charge in [-0.3, -0.25) is 4.79 Å². The van der Waals surface area contributed by atoms with Gasteiger partial charge in [-0.05, 0) is 41.7 Å². The van der Waals surface area contributed by atoms with Crippen molar-refractivity contribution in [2.75, 3.05) is 18.5 Å². The molecule has 0 saturated carbocycles. The molecule has 2 N–H and O–H groups in total. The molecule has 0 saturated heterocycles. The lowest BCUT2D eigenvalue weighted by Crippen LogP contribution is -2.47. The van der Waals surface area contributed by atoms with Crippen molar-refractivity contribution >= 4 is 21.6 Å². The van der Waals surface area contributed by atoms with Crippen LogP contribution in [0.4, 0.5) is 5.69 Å². The van der Waals surface area contributed by atoms with Crippen molar-refractivity contribution < 1.29 is 22.7 Å². The topological polar surface area (TPSA) is 93.7 Å². The number of benzene rings is 2. The Kier molecular flexibility index (Phi) is 7.23. The van der Waals surface area contributed by atoms with Crippen molar-refractivity contribution in [2.45, 2.75) is 51.0 Å². The molecule has 1 atom stereocenters. The highest BCUT2D eigenvalue weighted by molar-refractivity contribution is 7.89. The molecule has 7 nitrogen and oxygen atoms in total. The van der Waals surface area contributed by atoms with E-state index in [1.165, 1.54) is 12.1 Å². The van der Waals surface area contributed by atoms with E-state index in [-0.39, 0.29) is 10.8 Å². The minimum atomic E-state index is -3.95. The number of amides is 1. The molecule has 168 valence electrons. The van der Waals surface area contributed by atoms with Gasteiger partial charge in [0.05, 0.1) is 18.1 Å². The molecule has 1 unspecified atom stereocenters. The maximum atomic E-state index is 13.0. The fourth-order valence-electron chi connectivity index (χ4n) is 3.21. The lowest BCUT2D eigenvalue weighted by molar-refractivity contribution is -0.118. The van der Waals surface area contributed by atoms with Gasteiger partial charge in [0.1, 0.15) is 6.04 Å². The highest BCUT2D eigenvalue weighted by atomic mass is 32.2. The van der Waals surface area contributed by atoms with Gasteiger partial charge in [0.2, 0.25) is 15.9 Å². The summed E-state index contributed by atoms with van der Waals surface area (Å²) in [5, 5.41) is 2.81. The van der Waals surface area contributed by atoms with E-state index in [4.69, 9.17) is 9.47 Å². The van der Waals surface area contributed by atoms with Gasteiger partial charge in [-0.1, -0.05) is 39.8 Å². The minimum absolute atomic E-state index is 0.0245. The van der Waals surface area contributed by atoms with E-state index in [2.05, 4.69) is 23.9 Å². The molecule has 0 fully saturated rings. The van der Waals surface area contributed by atoms with E-state index in [0.717, 1.165) is 12.0 Å². The Hall–Kier alpha value is -2.58. The van der Waals surface area contributed by atoms with E-state index in [1.54, 1.807) is 19.9 Å². The van der Waals surface area contributed by atoms with Crippen LogP contribution in [0.15, 0.2) is 47.4 Å². The summed E-state index contributed by atoms with van der Waals surface area (Å²) in [4.78, 5) is 12.9. The smallest absolute Gasteiger partial charge is 0.242 e. The second-order valence-corrected chi connectivity index (χ2v) is 9.98. The summed E-state index contributed by atoms with van der Waals surface area (Å²) >= 11 is 0. The number of hydrogen-bond donors (Lipinski definition) is 2. The fraction of sp³-hybridized carbons (Fsp3) is 0.435. The molecule has 0 aliphatic carbocycles. The molecule has 3 rings (SSSR count). The Balaban J connectivity index is 1.76. The van der Waals surface area contributed by atoms with Crippen LogP contribution in [-0.4, -0.2) is 33.6 Å². The predicted molar refractivity (Wildman–Crippen MR) is 120 cm³/mol. The zero-order valence-electron chi connectivity index (χ0n) is 18.3. The zero-order chi connectivity index (χ0) is 22.6. The lowest BCUT2D eigenvalue weighted by Gasteiger charge is -2.22. The minimum Gasteiger partial charge on any atom is -0.490 e. The number of rotatable bonds is 7. The first-order valence-corrected chi connectivity index (χ1v) is 12.0. The van der Waals surface area contributed by atoms with Gasteiger partial charge in [-0.15, -0.1) is 0 Å². The molecule has 0 spiro atoms. The molecule has 8 heteroatoms. The van der Waals surface area contributed by atoms with Crippen LogP contribution in [0.3, 0.4) is 0 Å². The molecule has 1 aliphatic heterocycles. The van der Waals surface area contributed by atoms with Gasteiger partial charge in [0, 0.05) is 18.2 Å². The fourth-order valence-corrected chi connectivity index (χ4v) is 4.57. The Labute approximate surface area is 184 Å². The van der Waals surface area contributed by atoms with Gasteiger partial charge in [-0.2, -0.15) is 4.72 Å². The highest BCUT2D eigenvalue weighted by Crippen LogP contribution is 2.32. The van der Waals surface area contributed by atoms with Gasteiger partial charge >= 0.3 is 0 Å². The maximum absolute atomic E-state index is 13.0. The van der Waals surface area contributed by atoms with Crippen molar-refractivity contribution in [3.8, 4) is 11.5 Å². The average molecular weight is 447 g/mol. The summed E-state index contributed by atoms with van der Waals surface area (Å²) in [6.07, 6.45) is 0.725. The normalized spacial score (nSPS) is 14.9. The average Bonchev–Trinajstić information content (AvgIpc) is 2.97. The summed E-state index contributed by atoms with van der Waals surface area (Å²) in [5.74, 6) is 0.612. The van der Waals surface area contributed by atoms with E-state index in [1.807, 2.05) is 24.3 Å². The molecular formula is C23H30N2O5S. The second-order valence-electron chi connectivity index (χ2n) is 8.27. The first-order chi connectivity index (χ1) is 14.7. The number of ether oxygens (including phenoxy) is 2. The van der Waals surface area contributed by atoms with Crippen molar-refractivity contribution in [3.05, 3.63) is 48.0 Å². The predicted octanol–water partition coefficient (Wildman–Crippen LogP) is 3.91. The van der Waals surface area contributed by atoms with Gasteiger partial charge in [0.15, 0.2) is 11.5 Å². The molecule has 0 bridgehead atoms. The van der Waals surface area contributed by atoms with Crippen molar-refractivity contribution in [3.63, 3.8) is 0 Å². The van der Waals surface area contributed by atoms with Gasteiger partial charge < -0.3 is 14.8 Å². The largest absolute Gasteiger partial charge is 0.490 e. The van der Waals surface area contributed by atoms with Crippen molar-refractivity contribution in [2.24, 2.45) is 5.92 Å². The Morgan fingerprint density at radius 2 is 1.58 bits per heavy atom. The molecule has 0 radical (unpaired) electrons. The van der Waals surface area contributed by atoms with Gasteiger partial charge in [-0.25, -0.2) is 8.42 Å². The van der Waals surface area contributed by atoms with Crippen molar-refractivity contribution in [1.82, 2.24) is 4.72 Å². The summed E-state index contributed by atoms with van der Waals surface area (Å²) in [5.41, 5.74) is 1.78. The molecule has 2 aromatic rings. The molecule has 1 heterocycles. The van der Waals surface area contributed by atoms with Crippen LogP contribution in [0.25, 0.3) is 0 Å². The Bertz CT molecular complexity index is 1020. The quantitative estimate of drug-likeness (QED) is 0.673. The third kappa shape index (κ3) is 5.77. The maximum Gasteiger partial charge on any atom is 0.242 e. The van der Waals surface area contributed by atoms with Crippen LogP contribution in [-0.2, 0) is 14.8 Å². The number of fused-ring (bicyclic) bond motifs is 1. The Morgan fingerprint density at radius 3 is 2.19 bits per heavy atom. The van der Waals surface area contributed by atoms with Crippen LogP contribution in [0.1, 0.15) is 45.6 Å². The zero-order valence-corrected chi connectivity index (χ0v) is 19.2. The number of carbonyl (C=O) groups is 1. The molecular weight excluding hydrogens is 416 g/mol. The third-order valence-electron chi connectivity index (χ3n) is 5.11. The number of hydrogen-bond acceptors (Lipinski definition) is 5. The van der Waals surface area contributed by atoms with E-state index in [0.29, 0.717) is 36.3 Å². The van der Waals surface area contributed by atoms with Crippen LogP contribution in [0.5, 0.6) is 11.5 Å². The van der Waals surface area contributed by atoms with Gasteiger partial charge in [0.25, 0.3) is 0 Å². The van der Waals surface area contributed by atoms with E-state index in [9.17, 15) is 13.2 Å². The van der Waals surface area contributed by atoms with Crippen LogP contribution in [0.2, 0.25) is 0 Å². The van der Waals surface area contributed by atoms with Crippen LogP contribution < -0.4 is 19.5 Å². The lowest BCUT2D eigenvalue weighted by atomic mass is 10.0. The molecule has 0 aromatic heterocycles. The number of nitrogens with one attached hydrogen (secondary N) is 2. The molecule has 31 heavy (non-hydrogen) atoms. The number of anilines is 1. The summed E-state index contributed by atoms with van der Waals surface area (Å²) in [7, 11) is -3.95. The monoisotopic (exact) mass is 446 g/mol. The number of carbonyl (C=O) groups excluding carboxylic acids is 1. The molecule has 2 aromatic carbocycles. The summed E-state index contributed by atoms with van der Waals surface area (Å²) in [6.45, 7) is 8.75. The second kappa shape index (κ2) is 9.70. The highest BCUT2D eigenvalue weighted by Gasteiger charge is 2.29. The molecule has 1 aliphatic rings. The molecule has 1 amide bonds.